The van der Waals surface area contributed by atoms with Gasteiger partial charge in [0, 0.05) is 12.2 Å². The molecule has 0 spiro atoms. The maximum absolute atomic E-state index is 12.6. The fourth-order valence-electron chi connectivity index (χ4n) is 2.91. The predicted molar refractivity (Wildman–Crippen MR) is 153 cm³/mol. The molecule has 0 radical (unpaired) electrons. The minimum atomic E-state index is -1.14. The average molecular weight is 685 g/mol. The van der Waals surface area contributed by atoms with Crippen LogP contribution in [-0.4, -0.2) is 49.8 Å². The van der Waals surface area contributed by atoms with Gasteiger partial charge in [0.05, 0.1) is 15.6 Å². The van der Waals surface area contributed by atoms with Crippen molar-refractivity contribution in [2.75, 3.05) is 13.6 Å². The molecular weight excluding hydrogens is 664 g/mol. The van der Waals surface area contributed by atoms with Crippen LogP contribution in [0.3, 0.4) is 0 Å². The van der Waals surface area contributed by atoms with Gasteiger partial charge in [-0.25, -0.2) is 28.8 Å². The molecule has 0 heterocycles. The standard InChI is InChI=1S/C30H21BrO14/c1-3-25(32)38-16-40-29(36)43-20-9-5-18(6-10-20)27(34)42-22-13-14-24(23(31)15-22)45-28(35)19-7-11-21(12-8-19)44-30(37)41-17-39-26(33)4-2/h3-15H,1-2,16-17H2. The van der Waals surface area contributed by atoms with Crippen LogP contribution in [0, 0.1) is 0 Å². The molecule has 0 aliphatic carbocycles. The van der Waals surface area contributed by atoms with E-state index in [0.717, 1.165) is 12.2 Å². The molecule has 3 rings (SSSR count). The molecular formula is C30H21BrO14. The third-order valence-electron chi connectivity index (χ3n) is 4.99. The topological polar surface area (TPSA) is 176 Å². The van der Waals surface area contributed by atoms with Gasteiger partial charge in [-0.15, -0.1) is 0 Å². The number of esters is 4. The van der Waals surface area contributed by atoms with Crippen molar-refractivity contribution in [3.05, 3.63) is 108 Å². The second-order valence-electron chi connectivity index (χ2n) is 7.98. The van der Waals surface area contributed by atoms with Crippen LogP contribution in [0.2, 0.25) is 0 Å². The van der Waals surface area contributed by atoms with Crippen LogP contribution in [0.25, 0.3) is 0 Å². The van der Waals surface area contributed by atoms with Crippen molar-refractivity contribution in [2.24, 2.45) is 0 Å². The first kappa shape index (κ1) is 33.5. The smallest absolute Gasteiger partial charge is 0.425 e. The highest BCUT2D eigenvalue weighted by molar-refractivity contribution is 9.10. The molecule has 0 unspecified atom stereocenters. The van der Waals surface area contributed by atoms with Crippen LogP contribution >= 0.6 is 15.9 Å². The van der Waals surface area contributed by atoms with Gasteiger partial charge in [0.1, 0.15) is 23.0 Å². The second-order valence-corrected chi connectivity index (χ2v) is 8.84. The lowest BCUT2D eigenvalue weighted by atomic mass is 10.2. The number of hydrogen-bond donors (Lipinski definition) is 0. The summed E-state index contributed by atoms with van der Waals surface area (Å²) in [6.07, 6.45) is -0.476. The Morgan fingerprint density at radius 3 is 1.40 bits per heavy atom. The summed E-state index contributed by atoms with van der Waals surface area (Å²) in [5.41, 5.74) is 0.244. The highest BCUT2D eigenvalue weighted by atomic mass is 79.9. The van der Waals surface area contributed by atoms with Crippen LogP contribution in [0.4, 0.5) is 9.59 Å². The normalized spacial score (nSPS) is 9.89. The van der Waals surface area contributed by atoms with Gasteiger partial charge in [-0.3, -0.25) is 0 Å². The Labute approximate surface area is 262 Å². The Bertz CT molecular complexity index is 1600. The van der Waals surface area contributed by atoms with Gasteiger partial charge < -0.3 is 37.9 Å². The molecule has 14 nitrogen and oxygen atoms in total. The zero-order valence-corrected chi connectivity index (χ0v) is 24.5. The Morgan fingerprint density at radius 1 is 0.556 bits per heavy atom. The van der Waals surface area contributed by atoms with E-state index in [1.165, 1.54) is 66.7 Å². The van der Waals surface area contributed by atoms with E-state index < -0.39 is 49.8 Å². The minimum absolute atomic E-state index is 0.0485. The molecule has 0 fully saturated rings. The molecule has 0 bridgehead atoms. The maximum Gasteiger partial charge on any atom is 0.516 e. The van der Waals surface area contributed by atoms with Gasteiger partial charge in [0.15, 0.2) is 0 Å². The number of benzene rings is 3. The molecule has 0 N–H and O–H groups in total. The molecule has 3 aromatic rings. The third kappa shape index (κ3) is 11.0. The SMILES string of the molecule is C=CC(=O)OCOC(=O)Oc1ccc(C(=O)Oc2ccc(OC(=O)c3ccc(OC(=O)OCOC(=O)C=C)cc3)c(Br)c2)cc1. The van der Waals surface area contributed by atoms with Gasteiger partial charge >= 0.3 is 36.2 Å². The second kappa shape index (κ2) is 16.6. The lowest BCUT2D eigenvalue weighted by molar-refractivity contribution is -0.147. The lowest BCUT2D eigenvalue weighted by Gasteiger charge is -2.10. The van der Waals surface area contributed by atoms with E-state index in [9.17, 15) is 28.8 Å². The fourth-order valence-corrected chi connectivity index (χ4v) is 3.35. The van der Waals surface area contributed by atoms with Crippen molar-refractivity contribution in [2.45, 2.75) is 0 Å². The molecule has 0 atom stereocenters. The van der Waals surface area contributed by atoms with Crippen LogP contribution in [0.15, 0.2) is 96.5 Å². The molecule has 0 saturated heterocycles. The summed E-state index contributed by atoms with van der Waals surface area (Å²) in [6, 6.07) is 14.8. The largest absolute Gasteiger partial charge is 0.516 e. The predicted octanol–water partition coefficient (Wildman–Crippen LogP) is 5.29. The maximum atomic E-state index is 12.6. The van der Waals surface area contributed by atoms with Crippen LogP contribution in [0.1, 0.15) is 20.7 Å². The van der Waals surface area contributed by atoms with Crippen molar-refractivity contribution < 1.29 is 66.7 Å². The van der Waals surface area contributed by atoms with Gasteiger partial charge in [-0.1, -0.05) is 13.2 Å². The van der Waals surface area contributed by atoms with E-state index >= 15 is 0 Å². The van der Waals surface area contributed by atoms with E-state index in [2.05, 4.69) is 48.0 Å². The summed E-state index contributed by atoms with van der Waals surface area (Å²) >= 11 is 3.26. The van der Waals surface area contributed by atoms with Crippen molar-refractivity contribution in [1.29, 1.82) is 0 Å². The van der Waals surface area contributed by atoms with Crippen LogP contribution in [0.5, 0.6) is 23.0 Å². The summed E-state index contributed by atoms with van der Waals surface area (Å²) in [4.78, 5) is 70.3. The number of rotatable bonds is 12. The van der Waals surface area contributed by atoms with E-state index in [4.69, 9.17) is 18.9 Å². The number of carbonyl (C=O) groups excluding carboxylic acids is 6. The number of ether oxygens (including phenoxy) is 8. The Kier molecular flexibility index (Phi) is 12.4. The van der Waals surface area contributed by atoms with E-state index in [1.807, 2.05) is 0 Å². The van der Waals surface area contributed by atoms with Crippen molar-refractivity contribution >= 4 is 52.1 Å². The highest BCUT2D eigenvalue weighted by Gasteiger charge is 2.16. The fraction of sp³-hybridized carbons (Fsp3) is 0.0667. The van der Waals surface area contributed by atoms with Gasteiger partial charge in [0.25, 0.3) is 0 Å². The first-order valence-corrected chi connectivity index (χ1v) is 13.1. The summed E-state index contributed by atoms with van der Waals surface area (Å²) in [5.74, 6) is -2.70. The molecule has 232 valence electrons. The summed E-state index contributed by atoms with van der Waals surface area (Å²) in [5, 5.41) is 0. The van der Waals surface area contributed by atoms with E-state index in [0.29, 0.717) is 4.47 Å². The average Bonchev–Trinajstić information content (AvgIpc) is 3.02. The molecule has 0 aliphatic rings. The quantitative estimate of drug-likeness (QED) is 0.0790. The Hall–Kier alpha value is -5.96. The lowest BCUT2D eigenvalue weighted by Crippen LogP contribution is -2.15. The molecule has 0 amide bonds. The van der Waals surface area contributed by atoms with Gasteiger partial charge in [-0.2, -0.15) is 0 Å². The molecule has 0 aromatic heterocycles. The highest BCUT2D eigenvalue weighted by Crippen LogP contribution is 2.30. The Balaban J connectivity index is 1.49. The van der Waals surface area contributed by atoms with Gasteiger partial charge in [-0.05, 0) is 82.7 Å². The van der Waals surface area contributed by atoms with Crippen molar-refractivity contribution in [3.8, 4) is 23.0 Å². The summed E-state index contributed by atoms with van der Waals surface area (Å²) in [6.45, 7) is 5.06. The molecule has 0 aliphatic heterocycles. The molecule has 3 aromatic carbocycles. The number of hydrogen-bond acceptors (Lipinski definition) is 14. The van der Waals surface area contributed by atoms with Crippen LogP contribution in [-0.2, 0) is 28.5 Å². The van der Waals surface area contributed by atoms with E-state index in [1.54, 1.807) is 0 Å². The monoisotopic (exact) mass is 684 g/mol. The third-order valence-corrected chi connectivity index (χ3v) is 5.61. The molecule has 0 saturated carbocycles. The first-order valence-electron chi connectivity index (χ1n) is 12.3. The molecule has 15 heteroatoms. The summed E-state index contributed by atoms with van der Waals surface area (Å²) in [7, 11) is 0. The number of halogens is 1. The zero-order chi connectivity index (χ0) is 32.8. The van der Waals surface area contributed by atoms with Gasteiger partial charge in [0.2, 0.25) is 13.6 Å². The van der Waals surface area contributed by atoms with Crippen molar-refractivity contribution in [1.82, 2.24) is 0 Å². The molecule has 45 heavy (non-hydrogen) atoms. The van der Waals surface area contributed by atoms with E-state index in [-0.39, 0.29) is 34.1 Å². The first-order chi connectivity index (χ1) is 21.6. The zero-order valence-electron chi connectivity index (χ0n) is 22.9. The summed E-state index contributed by atoms with van der Waals surface area (Å²) < 4.78 is 38.9. The Morgan fingerprint density at radius 2 is 0.978 bits per heavy atom. The van der Waals surface area contributed by atoms with Crippen molar-refractivity contribution in [3.63, 3.8) is 0 Å². The minimum Gasteiger partial charge on any atom is -0.425 e. The number of carbonyl (C=O) groups is 6. The van der Waals surface area contributed by atoms with Crippen LogP contribution < -0.4 is 18.9 Å².